The second-order valence-corrected chi connectivity index (χ2v) is 10.9. The van der Waals surface area contributed by atoms with Gasteiger partial charge in [0.15, 0.2) is 0 Å². The molecule has 8 nitrogen and oxygen atoms in total. The Morgan fingerprint density at radius 3 is 2.20 bits per heavy atom. The standard InChI is InChI=1S/C21H33N5O3S/c1-16-15-19(24-9-3-4-10-24)23-20(22-16)17-5-11-25(12-6-17)21(27)18-7-13-26(14-8-18)30(2,28)29/h15,17-18H,3-14H2,1-2H3. The molecule has 0 N–H and O–H groups in total. The van der Waals surface area contributed by atoms with Crippen molar-refractivity contribution in [2.45, 2.75) is 51.4 Å². The van der Waals surface area contributed by atoms with Crippen molar-refractivity contribution in [3.63, 3.8) is 0 Å². The maximum atomic E-state index is 13.0. The normalized spacial score (nSPS) is 22.6. The van der Waals surface area contributed by atoms with Gasteiger partial charge in [0.05, 0.1) is 6.26 Å². The number of rotatable bonds is 4. The van der Waals surface area contributed by atoms with E-state index in [4.69, 9.17) is 9.97 Å². The molecule has 0 atom stereocenters. The molecule has 3 saturated heterocycles. The Morgan fingerprint density at radius 1 is 0.967 bits per heavy atom. The molecule has 0 radical (unpaired) electrons. The highest BCUT2D eigenvalue weighted by atomic mass is 32.2. The van der Waals surface area contributed by atoms with Crippen molar-refractivity contribution in [2.24, 2.45) is 5.92 Å². The predicted molar refractivity (Wildman–Crippen MR) is 116 cm³/mol. The number of likely N-dealkylation sites (tertiary alicyclic amines) is 1. The van der Waals surface area contributed by atoms with Crippen LogP contribution in [-0.2, 0) is 14.8 Å². The van der Waals surface area contributed by atoms with E-state index in [0.717, 1.165) is 56.4 Å². The highest BCUT2D eigenvalue weighted by molar-refractivity contribution is 7.88. The van der Waals surface area contributed by atoms with E-state index >= 15 is 0 Å². The van der Waals surface area contributed by atoms with Crippen LogP contribution in [0.4, 0.5) is 5.82 Å². The molecule has 3 aliphatic rings. The first-order chi connectivity index (χ1) is 14.3. The second kappa shape index (κ2) is 8.78. The van der Waals surface area contributed by atoms with Crippen LogP contribution in [0.3, 0.4) is 0 Å². The maximum absolute atomic E-state index is 13.0. The largest absolute Gasteiger partial charge is 0.357 e. The maximum Gasteiger partial charge on any atom is 0.225 e. The number of carbonyl (C=O) groups excluding carboxylic acids is 1. The summed E-state index contributed by atoms with van der Waals surface area (Å²) in [6.07, 6.45) is 6.69. The lowest BCUT2D eigenvalue weighted by molar-refractivity contribution is -0.137. The van der Waals surface area contributed by atoms with Crippen molar-refractivity contribution >= 4 is 21.7 Å². The fourth-order valence-electron chi connectivity index (χ4n) is 4.92. The Hall–Kier alpha value is -1.74. The van der Waals surface area contributed by atoms with E-state index in [1.54, 1.807) is 0 Å². The van der Waals surface area contributed by atoms with Gasteiger partial charge in [-0.1, -0.05) is 0 Å². The highest BCUT2D eigenvalue weighted by Gasteiger charge is 2.33. The van der Waals surface area contributed by atoms with Crippen LogP contribution in [0.25, 0.3) is 0 Å². The summed E-state index contributed by atoms with van der Waals surface area (Å²) in [6.45, 7) is 6.52. The fourth-order valence-corrected chi connectivity index (χ4v) is 5.79. The van der Waals surface area contributed by atoms with Gasteiger partial charge in [0.2, 0.25) is 15.9 Å². The van der Waals surface area contributed by atoms with Crippen molar-refractivity contribution in [2.75, 3.05) is 50.4 Å². The lowest BCUT2D eigenvalue weighted by Crippen LogP contribution is -2.46. The molecule has 9 heteroatoms. The van der Waals surface area contributed by atoms with Gasteiger partial charge in [-0.15, -0.1) is 0 Å². The summed E-state index contributed by atoms with van der Waals surface area (Å²) in [4.78, 5) is 26.9. The van der Waals surface area contributed by atoms with Gasteiger partial charge in [-0.3, -0.25) is 4.79 Å². The molecule has 0 aromatic carbocycles. The van der Waals surface area contributed by atoms with E-state index in [0.29, 0.717) is 31.8 Å². The Labute approximate surface area is 179 Å². The summed E-state index contributed by atoms with van der Waals surface area (Å²) in [5.41, 5.74) is 1.01. The number of nitrogens with zero attached hydrogens (tertiary/aromatic N) is 5. The van der Waals surface area contributed by atoms with Gasteiger partial charge in [-0.25, -0.2) is 22.7 Å². The zero-order chi connectivity index (χ0) is 21.3. The Kier molecular flexibility index (Phi) is 6.29. The number of hydrogen-bond acceptors (Lipinski definition) is 6. The van der Waals surface area contributed by atoms with E-state index in [9.17, 15) is 13.2 Å². The molecule has 30 heavy (non-hydrogen) atoms. The molecule has 1 aromatic heterocycles. The summed E-state index contributed by atoms with van der Waals surface area (Å²) < 4.78 is 24.8. The molecule has 1 amide bonds. The minimum atomic E-state index is -3.16. The lowest BCUT2D eigenvalue weighted by atomic mass is 9.92. The molecule has 0 saturated carbocycles. The number of sulfonamides is 1. The summed E-state index contributed by atoms with van der Waals surface area (Å²) in [5.74, 6) is 2.39. The summed E-state index contributed by atoms with van der Waals surface area (Å²) in [6, 6.07) is 2.08. The van der Waals surface area contributed by atoms with Crippen LogP contribution in [-0.4, -0.2) is 79.0 Å². The number of anilines is 1. The molecule has 0 aliphatic carbocycles. The third kappa shape index (κ3) is 4.77. The monoisotopic (exact) mass is 435 g/mol. The first kappa shape index (κ1) is 21.5. The first-order valence-electron chi connectivity index (χ1n) is 11.2. The number of carbonyl (C=O) groups is 1. The van der Waals surface area contributed by atoms with Gasteiger partial charge in [0.25, 0.3) is 0 Å². The van der Waals surface area contributed by atoms with Crippen LogP contribution in [0.1, 0.15) is 56.0 Å². The third-order valence-corrected chi connectivity index (χ3v) is 8.04. The fraction of sp³-hybridized carbons (Fsp3) is 0.762. The van der Waals surface area contributed by atoms with E-state index in [-0.39, 0.29) is 11.8 Å². The van der Waals surface area contributed by atoms with Gasteiger partial charge in [-0.05, 0) is 45.4 Å². The second-order valence-electron chi connectivity index (χ2n) is 8.96. The minimum Gasteiger partial charge on any atom is -0.357 e. The quantitative estimate of drug-likeness (QED) is 0.716. The van der Waals surface area contributed by atoms with Gasteiger partial charge in [0.1, 0.15) is 11.6 Å². The molecule has 166 valence electrons. The molecule has 3 fully saturated rings. The lowest BCUT2D eigenvalue weighted by Gasteiger charge is -2.36. The third-order valence-electron chi connectivity index (χ3n) is 6.73. The topological polar surface area (TPSA) is 86.7 Å². The average molecular weight is 436 g/mol. The van der Waals surface area contributed by atoms with Crippen molar-refractivity contribution in [3.8, 4) is 0 Å². The van der Waals surface area contributed by atoms with Crippen molar-refractivity contribution in [1.29, 1.82) is 0 Å². The number of aromatic nitrogens is 2. The van der Waals surface area contributed by atoms with Crippen molar-refractivity contribution < 1.29 is 13.2 Å². The molecule has 1 aromatic rings. The van der Waals surface area contributed by atoms with Gasteiger partial charge in [0, 0.05) is 62.9 Å². The Morgan fingerprint density at radius 2 is 1.60 bits per heavy atom. The van der Waals surface area contributed by atoms with Crippen LogP contribution in [0.5, 0.6) is 0 Å². The average Bonchev–Trinajstić information content (AvgIpc) is 3.27. The molecule has 0 spiro atoms. The SMILES string of the molecule is Cc1cc(N2CCCC2)nc(C2CCN(C(=O)C3CCN(S(C)(=O)=O)CC3)CC2)n1. The zero-order valence-corrected chi connectivity index (χ0v) is 18.9. The highest BCUT2D eigenvalue weighted by Crippen LogP contribution is 2.30. The Balaban J connectivity index is 1.33. The van der Waals surface area contributed by atoms with E-state index in [1.807, 2.05) is 11.8 Å². The molecule has 4 heterocycles. The molecule has 0 bridgehead atoms. The summed E-state index contributed by atoms with van der Waals surface area (Å²) in [7, 11) is -3.16. The van der Waals surface area contributed by atoms with Crippen LogP contribution in [0, 0.1) is 12.8 Å². The number of amides is 1. The van der Waals surface area contributed by atoms with Gasteiger partial charge in [-0.2, -0.15) is 0 Å². The number of piperidine rings is 2. The van der Waals surface area contributed by atoms with Crippen molar-refractivity contribution in [1.82, 2.24) is 19.2 Å². The molecular formula is C21H33N5O3S. The number of aryl methyl sites for hydroxylation is 1. The zero-order valence-electron chi connectivity index (χ0n) is 18.1. The van der Waals surface area contributed by atoms with E-state index < -0.39 is 10.0 Å². The van der Waals surface area contributed by atoms with E-state index in [2.05, 4.69) is 11.0 Å². The minimum absolute atomic E-state index is 0.0588. The number of hydrogen-bond donors (Lipinski definition) is 0. The molecule has 3 aliphatic heterocycles. The smallest absolute Gasteiger partial charge is 0.225 e. The van der Waals surface area contributed by atoms with Crippen LogP contribution < -0.4 is 4.90 Å². The molecular weight excluding hydrogens is 402 g/mol. The van der Waals surface area contributed by atoms with Gasteiger partial charge < -0.3 is 9.80 Å². The summed E-state index contributed by atoms with van der Waals surface area (Å²) >= 11 is 0. The summed E-state index contributed by atoms with van der Waals surface area (Å²) in [5, 5.41) is 0. The van der Waals surface area contributed by atoms with Crippen LogP contribution in [0.15, 0.2) is 6.07 Å². The van der Waals surface area contributed by atoms with E-state index in [1.165, 1.54) is 23.4 Å². The molecule has 0 unspecified atom stereocenters. The van der Waals surface area contributed by atoms with Gasteiger partial charge >= 0.3 is 0 Å². The van der Waals surface area contributed by atoms with Crippen LogP contribution in [0.2, 0.25) is 0 Å². The van der Waals surface area contributed by atoms with Crippen molar-refractivity contribution in [3.05, 3.63) is 17.6 Å². The predicted octanol–water partition coefficient (Wildman–Crippen LogP) is 1.76. The Bertz CT molecular complexity index is 869. The van der Waals surface area contributed by atoms with Crippen LogP contribution >= 0.6 is 0 Å². The molecule has 4 rings (SSSR count). The first-order valence-corrected chi connectivity index (χ1v) is 13.0.